The van der Waals surface area contributed by atoms with Gasteiger partial charge >= 0.3 is 59.1 Å². The molecule has 0 heterocycles. The van der Waals surface area contributed by atoms with Gasteiger partial charge in [-0.25, -0.2) is 16.8 Å². The average molecular weight is 414 g/mol. The third-order valence-electron chi connectivity index (χ3n) is 3.07. The van der Waals surface area contributed by atoms with Crippen LogP contribution >= 0.6 is 0 Å². The Kier molecular flexibility index (Phi) is 9.54. The van der Waals surface area contributed by atoms with Crippen LogP contribution in [0.2, 0.25) is 0 Å². The minimum Gasteiger partial charge on any atom is -0.744 e. The molecule has 2 aromatic rings. The van der Waals surface area contributed by atoms with Crippen LogP contribution in [0.25, 0.3) is 12.2 Å². The zero-order chi connectivity index (χ0) is 18.1. The molecule has 4 N–H and O–H groups in total. The molecule has 2 aromatic carbocycles. The van der Waals surface area contributed by atoms with Crippen LogP contribution in [0, 0.1) is 0 Å². The first-order chi connectivity index (χ1) is 11.0. The topological polar surface area (TPSA) is 166 Å². The van der Waals surface area contributed by atoms with Crippen molar-refractivity contribution in [1.29, 1.82) is 0 Å². The second kappa shape index (κ2) is 9.69. The van der Waals surface area contributed by atoms with E-state index in [1.54, 1.807) is 0 Å². The van der Waals surface area contributed by atoms with Gasteiger partial charge in [0.2, 0.25) is 0 Å². The number of hydrogen-bond donors (Lipinski definition) is 2. The van der Waals surface area contributed by atoms with Crippen LogP contribution in [-0.2, 0) is 20.2 Å². The molecule has 8 nitrogen and oxygen atoms in total. The van der Waals surface area contributed by atoms with E-state index in [9.17, 15) is 25.9 Å². The molecule has 26 heavy (non-hydrogen) atoms. The number of anilines is 2. The quantitative estimate of drug-likeness (QED) is 0.217. The molecule has 0 amide bonds. The predicted octanol–water partition coefficient (Wildman–Crippen LogP) is -5.16. The van der Waals surface area contributed by atoms with E-state index in [4.69, 9.17) is 11.5 Å². The molecule has 0 saturated heterocycles. The summed E-state index contributed by atoms with van der Waals surface area (Å²) in [6, 6.07) is 7.49. The second-order valence-corrected chi connectivity index (χ2v) is 7.53. The first kappa shape index (κ1) is 25.6. The van der Waals surface area contributed by atoms with E-state index >= 15 is 0 Å². The number of hydrogen-bond acceptors (Lipinski definition) is 8. The molecule has 0 fully saturated rings. The van der Waals surface area contributed by atoms with E-state index in [0.29, 0.717) is 0 Å². The Hall–Kier alpha value is -0.400. The molecule has 12 heteroatoms. The van der Waals surface area contributed by atoms with E-state index in [-0.39, 0.29) is 81.6 Å². The molecule has 0 spiro atoms. The summed E-state index contributed by atoms with van der Waals surface area (Å²) in [5, 5.41) is 0. The van der Waals surface area contributed by atoms with Crippen LogP contribution in [-0.4, -0.2) is 25.9 Å². The van der Waals surface area contributed by atoms with Crippen molar-refractivity contribution in [2.24, 2.45) is 0 Å². The van der Waals surface area contributed by atoms with Gasteiger partial charge in [0.1, 0.15) is 20.2 Å². The van der Waals surface area contributed by atoms with Crippen molar-refractivity contribution in [3.8, 4) is 0 Å². The summed E-state index contributed by atoms with van der Waals surface area (Å²) >= 11 is 0. The monoisotopic (exact) mass is 414 g/mol. The van der Waals surface area contributed by atoms with Crippen LogP contribution < -0.4 is 70.6 Å². The van der Waals surface area contributed by atoms with Crippen LogP contribution in [0.15, 0.2) is 46.2 Å². The second-order valence-electron chi connectivity index (χ2n) is 4.84. The van der Waals surface area contributed by atoms with Crippen LogP contribution in [0.3, 0.4) is 0 Å². The summed E-state index contributed by atoms with van der Waals surface area (Å²) in [6.45, 7) is 0. The molecule has 0 aliphatic heterocycles. The Morgan fingerprint density at radius 1 is 0.769 bits per heavy atom. The molecule has 128 valence electrons. The predicted molar refractivity (Wildman–Crippen MR) is 86.6 cm³/mol. The van der Waals surface area contributed by atoms with Crippen molar-refractivity contribution in [2.45, 2.75) is 9.79 Å². The fraction of sp³-hybridized carbons (Fsp3) is 0. The maximum atomic E-state index is 11.3. The van der Waals surface area contributed by atoms with Crippen LogP contribution in [0.4, 0.5) is 11.4 Å². The minimum atomic E-state index is -4.75. The number of nitrogen functional groups attached to an aromatic ring is 2. The van der Waals surface area contributed by atoms with E-state index in [0.717, 1.165) is 12.1 Å². The van der Waals surface area contributed by atoms with Gasteiger partial charge in [0, 0.05) is 11.4 Å². The standard InChI is InChI=1S/C14H14N2O6S2.2Na/c15-11-5-4-10(13(8-11)23(17,18)19)3-1-9-2-6-12(16)14(7-9)24(20,21)22;;/h1-8H,15-16H2,(H,17,18,19)(H,20,21,22);;/q;2*+1/p-2/b3-1+;;. The number of benzene rings is 2. The summed E-state index contributed by atoms with van der Waals surface area (Å²) in [6.07, 6.45) is 2.63. The zero-order valence-electron chi connectivity index (χ0n) is 14.0. The largest absolute Gasteiger partial charge is 1.00 e. The summed E-state index contributed by atoms with van der Waals surface area (Å²) in [4.78, 5) is -1.09. The third-order valence-corrected chi connectivity index (χ3v) is 4.85. The van der Waals surface area contributed by atoms with Crippen LogP contribution in [0.5, 0.6) is 0 Å². The van der Waals surface area contributed by atoms with Crippen molar-refractivity contribution in [3.63, 3.8) is 0 Å². The molecule has 0 radical (unpaired) electrons. The minimum absolute atomic E-state index is 0. The van der Waals surface area contributed by atoms with Crippen molar-refractivity contribution in [2.75, 3.05) is 11.5 Å². The van der Waals surface area contributed by atoms with Gasteiger partial charge < -0.3 is 20.6 Å². The summed E-state index contributed by atoms with van der Waals surface area (Å²) in [5.74, 6) is 0. The van der Waals surface area contributed by atoms with Crippen molar-refractivity contribution < 1.29 is 85.1 Å². The summed E-state index contributed by atoms with van der Waals surface area (Å²) in [7, 11) is -9.49. The Bertz CT molecular complexity index is 1040. The first-order valence-corrected chi connectivity index (χ1v) is 9.19. The van der Waals surface area contributed by atoms with Gasteiger partial charge in [-0.15, -0.1) is 0 Å². The SMILES string of the molecule is Nc1ccc(/C=C/c2ccc(N)c(S(=O)(=O)[O-])c2)c(S(=O)(=O)[O-])c1.[Na+].[Na+]. The molecule has 0 saturated carbocycles. The molecule has 0 aliphatic rings. The molecular formula is C14H12N2Na2O6S2. The van der Waals surface area contributed by atoms with Crippen molar-refractivity contribution in [3.05, 3.63) is 47.5 Å². The van der Waals surface area contributed by atoms with E-state index < -0.39 is 30.0 Å². The molecule has 0 aliphatic carbocycles. The van der Waals surface area contributed by atoms with Crippen LogP contribution in [0.1, 0.15) is 11.1 Å². The Morgan fingerprint density at radius 3 is 1.88 bits per heavy atom. The Morgan fingerprint density at radius 2 is 1.35 bits per heavy atom. The summed E-state index contributed by atoms with van der Waals surface area (Å²) in [5.41, 5.74) is 11.2. The van der Waals surface area contributed by atoms with E-state index in [1.807, 2.05) is 0 Å². The van der Waals surface area contributed by atoms with Gasteiger partial charge in [0.25, 0.3) is 0 Å². The fourth-order valence-electron chi connectivity index (χ4n) is 1.96. The number of nitrogens with two attached hydrogens (primary N) is 2. The normalized spacial score (nSPS) is 11.6. The molecule has 2 rings (SSSR count). The van der Waals surface area contributed by atoms with Gasteiger partial charge in [-0.2, -0.15) is 0 Å². The Labute approximate surface area is 195 Å². The van der Waals surface area contributed by atoms with E-state index in [1.165, 1.54) is 36.4 Å². The van der Waals surface area contributed by atoms with Gasteiger partial charge in [0.05, 0.1) is 9.79 Å². The van der Waals surface area contributed by atoms with E-state index in [2.05, 4.69) is 0 Å². The third kappa shape index (κ3) is 6.64. The first-order valence-electron chi connectivity index (χ1n) is 6.37. The molecule has 0 atom stereocenters. The number of rotatable bonds is 4. The maximum Gasteiger partial charge on any atom is 1.00 e. The van der Waals surface area contributed by atoms with Crippen molar-refractivity contribution in [1.82, 2.24) is 0 Å². The van der Waals surface area contributed by atoms with Gasteiger partial charge in [-0.3, -0.25) is 0 Å². The zero-order valence-corrected chi connectivity index (χ0v) is 19.7. The molecule has 0 aromatic heterocycles. The van der Waals surface area contributed by atoms with Gasteiger partial charge in [-0.1, -0.05) is 24.3 Å². The summed E-state index contributed by atoms with van der Waals surface area (Å²) < 4.78 is 67.1. The molecule has 0 unspecified atom stereocenters. The molecular weight excluding hydrogens is 402 g/mol. The fourth-order valence-corrected chi connectivity index (χ4v) is 3.30. The van der Waals surface area contributed by atoms with Crippen molar-refractivity contribution >= 4 is 43.8 Å². The van der Waals surface area contributed by atoms with Gasteiger partial charge in [-0.05, 0) is 35.4 Å². The van der Waals surface area contributed by atoms with Gasteiger partial charge in [0.15, 0.2) is 0 Å². The average Bonchev–Trinajstić information content (AvgIpc) is 2.45. The Balaban J connectivity index is 0.00000312. The maximum absolute atomic E-state index is 11.3. The smallest absolute Gasteiger partial charge is 0.744 e. The molecule has 0 bridgehead atoms.